The number of fused-ring (bicyclic) bond motifs is 1. The summed E-state index contributed by atoms with van der Waals surface area (Å²) in [6.07, 6.45) is 1.59. The molecule has 8 heteroatoms. The molecule has 1 atom stereocenters. The Kier molecular flexibility index (Phi) is 8.90. The van der Waals surface area contributed by atoms with Gasteiger partial charge in [0.05, 0.1) is 23.6 Å². The second-order valence-electron chi connectivity index (χ2n) is 11.4. The molecule has 0 bridgehead atoms. The summed E-state index contributed by atoms with van der Waals surface area (Å²) in [5.41, 5.74) is 5.06. The Bertz CT molecular complexity index is 1480. The molecule has 1 aliphatic rings. The summed E-state index contributed by atoms with van der Waals surface area (Å²) >= 11 is 0. The summed E-state index contributed by atoms with van der Waals surface area (Å²) in [5.74, 6) is -0.349. The molecule has 3 aromatic rings. The zero-order valence-electron chi connectivity index (χ0n) is 23.9. The molecule has 2 N–H and O–H groups in total. The maximum atomic E-state index is 13.1. The first-order valence-corrected chi connectivity index (χ1v) is 15.3. The van der Waals surface area contributed by atoms with Crippen LogP contribution in [-0.2, 0) is 32.4 Å². The van der Waals surface area contributed by atoms with E-state index in [2.05, 4.69) is 4.72 Å². The predicted molar refractivity (Wildman–Crippen MR) is 159 cm³/mol. The van der Waals surface area contributed by atoms with Crippen LogP contribution in [0.3, 0.4) is 0 Å². The topological polar surface area (TPSA) is 102 Å². The molecule has 0 aromatic heterocycles. The number of anilines is 1. The molecule has 214 valence electrons. The molecule has 0 saturated carbocycles. The Morgan fingerprint density at radius 3 is 2.50 bits per heavy atom. The molecule has 40 heavy (non-hydrogen) atoms. The van der Waals surface area contributed by atoms with E-state index in [0.717, 1.165) is 46.4 Å². The van der Waals surface area contributed by atoms with Gasteiger partial charge >= 0.3 is 5.97 Å². The number of aryl methyl sites for hydroxylation is 3. The molecule has 1 aliphatic heterocycles. The normalized spacial score (nSPS) is 14.2. The number of sulfonamides is 1. The average Bonchev–Trinajstić information content (AvgIpc) is 2.88. The molecule has 0 fully saturated rings. The number of benzene rings is 3. The number of carboxylic acid groups (broad SMARTS) is 1. The number of hydrogen-bond acceptors (Lipinski definition) is 5. The summed E-state index contributed by atoms with van der Waals surface area (Å²) < 4.78 is 40.9. The highest BCUT2D eigenvalue weighted by Gasteiger charge is 2.33. The van der Waals surface area contributed by atoms with Crippen LogP contribution < -0.4 is 9.46 Å². The van der Waals surface area contributed by atoms with Crippen molar-refractivity contribution in [2.75, 3.05) is 17.1 Å². The van der Waals surface area contributed by atoms with E-state index in [0.29, 0.717) is 36.3 Å². The largest absolute Gasteiger partial charge is 0.493 e. The fourth-order valence-corrected chi connectivity index (χ4v) is 6.36. The highest BCUT2D eigenvalue weighted by Crippen LogP contribution is 2.42. The molecule has 0 radical (unpaired) electrons. The highest BCUT2D eigenvalue weighted by atomic mass is 32.2. The lowest BCUT2D eigenvalue weighted by molar-refractivity contribution is -0.160. The number of aliphatic carboxylic acids is 1. The third-order valence-electron chi connectivity index (χ3n) is 6.97. The Labute approximate surface area is 237 Å². The van der Waals surface area contributed by atoms with E-state index in [4.69, 9.17) is 9.47 Å². The lowest BCUT2D eigenvalue weighted by Gasteiger charge is -2.30. The van der Waals surface area contributed by atoms with Crippen LogP contribution in [0.15, 0.2) is 54.6 Å². The molecule has 1 heterocycles. The Morgan fingerprint density at radius 1 is 1.10 bits per heavy atom. The van der Waals surface area contributed by atoms with Gasteiger partial charge in [0, 0.05) is 5.56 Å². The van der Waals surface area contributed by atoms with Gasteiger partial charge in [-0.1, -0.05) is 36.4 Å². The lowest BCUT2D eigenvalue weighted by Crippen LogP contribution is -2.29. The van der Waals surface area contributed by atoms with Crippen LogP contribution in [0.25, 0.3) is 11.1 Å². The second-order valence-corrected chi connectivity index (χ2v) is 13.2. The van der Waals surface area contributed by atoms with Crippen molar-refractivity contribution >= 4 is 21.7 Å². The first-order chi connectivity index (χ1) is 18.8. The molecule has 3 aromatic carbocycles. The Hall–Kier alpha value is -3.36. The average molecular weight is 566 g/mol. The lowest BCUT2D eigenvalue weighted by atomic mass is 9.86. The smallest absolute Gasteiger partial charge is 0.337 e. The SMILES string of the molecule is Cc1cc(NS(=O)(=O)CCCc2ccccc2)c(C)c(C(OC(C)(C)C)C(=O)O)c1-c1ccc2c(c1)CCCO2. The molecule has 1 unspecified atom stereocenters. The molecule has 4 rings (SSSR count). The molecular weight excluding hydrogens is 526 g/mol. The molecule has 0 amide bonds. The monoisotopic (exact) mass is 565 g/mol. The zero-order chi connectivity index (χ0) is 29.1. The van der Waals surface area contributed by atoms with Crippen molar-refractivity contribution in [2.24, 2.45) is 0 Å². The summed E-state index contributed by atoms with van der Waals surface area (Å²) in [5, 5.41) is 10.3. The van der Waals surface area contributed by atoms with Gasteiger partial charge < -0.3 is 14.6 Å². The number of rotatable bonds is 10. The minimum absolute atomic E-state index is 0.0524. The Balaban J connectivity index is 1.75. The van der Waals surface area contributed by atoms with Crippen molar-refractivity contribution in [2.45, 2.75) is 72.0 Å². The highest BCUT2D eigenvalue weighted by molar-refractivity contribution is 7.92. The zero-order valence-corrected chi connectivity index (χ0v) is 24.7. The first-order valence-electron chi connectivity index (χ1n) is 13.7. The van der Waals surface area contributed by atoms with Gasteiger partial charge in [0.2, 0.25) is 10.0 Å². The minimum Gasteiger partial charge on any atom is -0.493 e. The van der Waals surface area contributed by atoms with Gasteiger partial charge in [-0.05, 0) is 112 Å². The Morgan fingerprint density at radius 2 is 1.82 bits per heavy atom. The number of nitrogens with one attached hydrogen (secondary N) is 1. The van der Waals surface area contributed by atoms with E-state index in [-0.39, 0.29) is 5.75 Å². The number of ether oxygens (including phenoxy) is 2. The maximum absolute atomic E-state index is 13.1. The van der Waals surface area contributed by atoms with Crippen LogP contribution >= 0.6 is 0 Å². The fourth-order valence-electron chi connectivity index (χ4n) is 5.19. The second kappa shape index (κ2) is 12.0. The summed E-state index contributed by atoms with van der Waals surface area (Å²) in [7, 11) is -3.69. The van der Waals surface area contributed by atoms with E-state index in [1.807, 2.05) is 55.5 Å². The summed E-state index contributed by atoms with van der Waals surface area (Å²) in [4.78, 5) is 12.6. The fraction of sp³-hybridized carbons (Fsp3) is 0.406. The van der Waals surface area contributed by atoms with Crippen molar-refractivity contribution in [1.29, 1.82) is 0 Å². The maximum Gasteiger partial charge on any atom is 0.337 e. The van der Waals surface area contributed by atoms with Crippen molar-refractivity contribution < 1.29 is 27.8 Å². The van der Waals surface area contributed by atoms with Crippen molar-refractivity contribution in [1.82, 2.24) is 0 Å². The molecular formula is C32H39NO6S. The van der Waals surface area contributed by atoms with Crippen molar-refractivity contribution in [3.8, 4) is 16.9 Å². The molecule has 7 nitrogen and oxygen atoms in total. The van der Waals surface area contributed by atoms with Gasteiger partial charge in [0.15, 0.2) is 6.10 Å². The van der Waals surface area contributed by atoms with Crippen LogP contribution in [0.5, 0.6) is 5.75 Å². The molecule has 0 aliphatic carbocycles. The number of carbonyl (C=O) groups is 1. The third-order valence-corrected chi connectivity index (χ3v) is 8.33. The van der Waals surface area contributed by atoms with Crippen LogP contribution in [0.2, 0.25) is 0 Å². The first kappa shape index (κ1) is 29.6. The van der Waals surface area contributed by atoms with Gasteiger partial charge in [-0.25, -0.2) is 13.2 Å². The van der Waals surface area contributed by atoms with Gasteiger partial charge in [0.1, 0.15) is 5.75 Å². The predicted octanol–water partition coefficient (Wildman–Crippen LogP) is 6.61. The number of hydrogen-bond donors (Lipinski definition) is 2. The van der Waals surface area contributed by atoms with Crippen LogP contribution in [-0.4, -0.2) is 37.5 Å². The van der Waals surface area contributed by atoms with Gasteiger partial charge in [-0.2, -0.15) is 0 Å². The number of carboxylic acids is 1. The standard InChI is InChI=1S/C32H39NO6S/c1-21-19-26(33-40(36,37)18-10-13-23-11-7-6-8-12-23)22(2)29(30(31(34)35)39-32(3,4)5)28(21)25-15-16-27-24(20-25)14-9-17-38-27/h6-8,11-12,15-16,19-20,30,33H,9-10,13-14,17-18H2,1-5H3,(H,34,35). The van der Waals surface area contributed by atoms with Crippen molar-refractivity contribution in [3.05, 3.63) is 82.4 Å². The van der Waals surface area contributed by atoms with Gasteiger partial charge in [-0.3, -0.25) is 4.72 Å². The van der Waals surface area contributed by atoms with E-state index in [1.54, 1.807) is 33.8 Å². The van der Waals surface area contributed by atoms with Gasteiger partial charge in [0.25, 0.3) is 0 Å². The van der Waals surface area contributed by atoms with E-state index < -0.39 is 27.7 Å². The van der Waals surface area contributed by atoms with Crippen LogP contribution in [0.1, 0.15) is 67.5 Å². The minimum atomic E-state index is -3.69. The third kappa shape index (κ3) is 7.23. The van der Waals surface area contributed by atoms with E-state index in [9.17, 15) is 18.3 Å². The van der Waals surface area contributed by atoms with E-state index >= 15 is 0 Å². The molecule has 0 saturated heterocycles. The molecule has 0 spiro atoms. The van der Waals surface area contributed by atoms with Crippen molar-refractivity contribution in [3.63, 3.8) is 0 Å². The quantitative estimate of drug-likeness (QED) is 0.287. The summed E-state index contributed by atoms with van der Waals surface area (Å²) in [6, 6.07) is 17.4. The van der Waals surface area contributed by atoms with Crippen LogP contribution in [0, 0.1) is 13.8 Å². The van der Waals surface area contributed by atoms with E-state index in [1.165, 1.54) is 0 Å². The summed E-state index contributed by atoms with van der Waals surface area (Å²) in [6.45, 7) is 9.72. The van der Waals surface area contributed by atoms with Crippen LogP contribution in [0.4, 0.5) is 5.69 Å². The van der Waals surface area contributed by atoms with Gasteiger partial charge in [-0.15, -0.1) is 0 Å².